The van der Waals surface area contributed by atoms with Crippen molar-refractivity contribution in [3.05, 3.63) is 52.6 Å². The number of piperazine rings is 1. The maximum absolute atomic E-state index is 4.44. The van der Waals surface area contributed by atoms with Crippen molar-refractivity contribution >= 4 is 43.4 Å². The molecule has 21 heavy (non-hydrogen) atoms. The average Bonchev–Trinajstić information content (AvgIpc) is 2.56. The number of nitrogens with zero attached hydrogens (tertiary/aromatic N) is 3. The first-order chi connectivity index (χ1) is 10.3. The van der Waals surface area contributed by atoms with Crippen molar-refractivity contribution in [3.63, 3.8) is 0 Å². The molecule has 1 saturated heterocycles. The lowest BCUT2D eigenvalue weighted by atomic mass is 10.1. The minimum absolute atomic E-state index is 0.885. The van der Waals surface area contributed by atoms with Crippen LogP contribution in [0.4, 0.5) is 11.5 Å². The molecule has 0 N–H and O–H groups in total. The van der Waals surface area contributed by atoms with Crippen molar-refractivity contribution in [2.75, 3.05) is 36.0 Å². The zero-order chi connectivity index (χ0) is 14.7. The van der Waals surface area contributed by atoms with Gasteiger partial charge in [-0.3, -0.25) is 0 Å². The molecule has 2 aromatic rings. The van der Waals surface area contributed by atoms with Gasteiger partial charge in [-0.05, 0) is 29.8 Å². The van der Waals surface area contributed by atoms with Crippen LogP contribution < -0.4 is 9.80 Å². The molecule has 0 saturated carbocycles. The van der Waals surface area contributed by atoms with Crippen molar-refractivity contribution in [3.8, 4) is 0 Å². The third-order valence-corrected chi connectivity index (χ3v) is 4.88. The number of benzene rings is 1. The molecule has 0 spiro atoms. The Morgan fingerprint density at radius 2 is 1.76 bits per heavy atom. The van der Waals surface area contributed by atoms with Gasteiger partial charge in [-0.25, -0.2) is 4.98 Å². The zero-order valence-electron chi connectivity index (χ0n) is 11.7. The highest BCUT2D eigenvalue weighted by atomic mass is 79.9. The van der Waals surface area contributed by atoms with Crippen molar-refractivity contribution in [2.24, 2.45) is 0 Å². The minimum Gasteiger partial charge on any atom is -0.368 e. The number of aromatic nitrogens is 1. The summed E-state index contributed by atoms with van der Waals surface area (Å²) in [5.74, 6) is 1.08. The summed E-state index contributed by atoms with van der Waals surface area (Å²) in [5.41, 5.74) is 2.66. The van der Waals surface area contributed by atoms with E-state index >= 15 is 0 Å². The van der Waals surface area contributed by atoms with E-state index in [0.29, 0.717) is 0 Å². The maximum Gasteiger partial charge on any atom is 0.128 e. The summed E-state index contributed by atoms with van der Waals surface area (Å²) in [4.78, 5) is 9.25. The quantitative estimate of drug-likeness (QED) is 0.711. The number of hydrogen-bond donors (Lipinski definition) is 0. The largest absolute Gasteiger partial charge is 0.368 e. The molecule has 110 valence electrons. The first-order valence-electron chi connectivity index (χ1n) is 7.03. The number of alkyl halides is 1. The van der Waals surface area contributed by atoms with Crippen LogP contribution in [0.3, 0.4) is 0 Å². The number of hydrogen-bond acceptors (Lipinski definition) is 3. The second kappa shape index (κ2) is 6.79. The average molecular weight is 411 g/mol. The van der Waals surface area contributed by atoms with Crippen molar-refractivity contribution in [1.82, 2.24) is 4.98 Å². The summed E-state index contributed by atoms with van der Waals surface area (Å²) in [6.07, 6.45) is 1.86. The van der Waals surface area contributed by atoms with E-state index in [1.54, 1.807) is 0 Å². The normalized spacial score (nSPS) is 15.3. The Morgan fingerprint density at radius 3 is 2.43 bits per heavy atom. The molecule has 1 aromatic heterocycles. The van der Waals surface area contributed by atoms with Gasteiger partial charge in [-0.1, -0.05) is 44.0 Å². The Morgan fingerprint density at radius 1 is 1.00 bits per heavy atom. The molecule has 3 rings (SSSR count). The highest BCUT2D eigenvalue weighted by Gasteiger charge is 2.19. The molecule has 1 aliphatic heterocycles. The predicted molar refractivity (Wildman–Crippen MR) is 95.4 cm³/mol. The van der Waals surface area contributed by atoms with E-state index < -0.39 is 0 Å². The molecule has 0 unspecified atom stereocenters. The molecule has 0 aliphatic carbocycles. The van der Waals surface area contributed by atoms with E-state index in [4.69, 9.17) is 0 Å². The zero-order valence-corrected chi connectivity index (χ0v) is 14.8. The number of halogens is 2. The van der Waals surface area contributed by atoms with E-state index in [1.165, 1.54) is 11.3 Å². The van der Waals surface area contributed by atoms with E-state index in [2.05, 4.69) is 70.9 Å². The topological polar surface area (TPSA) is 19.4 Å². The number of pyridine rings is 1. The highest BCUT2D eigenvalue weighted by Crippen LogP contribution is 2.28. The van der Waals surface area contributed by atoms with Crippen LogP contribution in [-0.4, -0.2) is 31.2 Å². The highest BCUT2D eigenvalue weighted by molar-refractivity contribution is 9.10. The monoisotopic (exact) mass is 409 g/mol. The molecule has 1 aliphatic rings. The Kier molecular flexibility index (Phi) is 4.80. The van der Waals surface area contributed by atoms with Gasteiger partial charge in [0.25, 0.3) is 0 Å². The van der Waals surface area contributed by atoms with Crippen LogP contribution in [0.25, 0.3) is 0 Å². The molecule has 1 aromatic carbocycles. The number of rotatable bonds is 3. The fourth-order valence-corrected chi connectivity index (χ4v) is 3.48. The van der Waals surface area contributed by atoms with Gasteiger partial charge in [-0.15, -0.1) is 0 Å². The van der Waals surface area contributed by atoms with E-state index in [1.807, 2.05) is 18.3 Å². The van der Waals surface area contributed by atoms with E-state index in [0.717, 1.165) is 41.8 Å². The third-order valence-electron chi connectivity index (χ3n) is 3.78. The molecule has 3 nitrogen and oxygen atoms in total. The molecule has 1 fully saturated rings. The summed E-state index contributed by atoms with van der Waals surface area (Å²) < 4.78 is 1.13. The Hall–Kier alpha value is -1.07. The lowest BCUT2D eigenvalue weighted by Gasteiger charge is -2.37. The van der Waals surface area contributed by atoms with Crippen LogP contribution in [0.2, 0.25) is 0 Å². The van der Waals surface area contributed by atoms with Crippen molar-refractivity contribution in [2.45, 2.75) is 5.33 Å². The minimum atomic E-state index is 0.885. The van der Waals surface area contributed by atoms with Crippen LogP contribution >= 0.6 is 31.9 Å². The van der Waals surface area contributed by atoms with Gasteiger partial charge in [0, 0.05) is 47.9 Å². The smallest absolute Gasteiger partial charge is 0.128 e. The SMILES string of the molecule is BrCc1ccc(Br)cc1N1CCN(c2ccccn2)CC1. The van der Waals surface area contributed by atoms with Crippen LogP contribution in [0.5, 0.6) is 0 Å². The first-order valence-corrected chi connectivity index (χ1v) is 8.94. The standard InChI is InChI=1S/C16H17Br2N3/c17-12-13-4-5-14(18)11-15(13)20-7-9-21(10-8-20)16-3-1-2-6-19-16/h1-6,11H,7-10,12H2. The Bertz CT molecular complexity index is 596. The van der Waals surface area contributed by atoms with Gasteiger partial charge in [0.2, 0.25) is 0 Å². The van der Waals surface area contributed by atoms with Gasteiger partial charge in [0.05, 0.1) is 0 Å². The molecule has 0 bridgehead atoms. The van der Waals surface area contributed by atoms with Crippen LogP contribution in [0, 0.1) is 0 Å². The summed E-state index contributed by atoms with van der Waals surface area (Å²) in [6, 6.07) is 12.6. The molecule has 0 amide bonds. The van der Waals surface area contributed by atoms with E-state index in [9.17, 15) is 0 Å². The van der Waals surface area contributed by atoms with Crippen LogP contribution in [-0.2, 0) is 5.33 Å². The third kappa shape index (κ3) is 3.40. The lowest BCUT2D eigenvalue weighted by Crippen LogP contribution is -2.47. The fraction of sp³-hybridized carbons (Fsp3) is 0.312. The second-order valence-electron chi connectivity index (χ2n) is 5.07. The molecule has 0 atom stereocenters. The predicted octanol–water partition coefficient (Wildman–Crippen LogP) is 4.07. The van der Waals surface area contributed by atoms with Crippen LogP contribution in [0.15, 0.2) is 47.1 Å². The summed E-state index contributed by atoms with van der Waals surface area (Å²) in [6.45, 7) is 4.05. The first kappa shape index (κ1) is 14.9. The summed E-state index contributed by atoms with van der Waals surface area (Å²) in [7, 11) is 0. The second-order valence-corrected chi connectivity index (χ2v) is 6.55. The van der Waals surface area contributed by atoms with Gasteiger partial charge in [0.1, 0.15) is 5.82 Å². The van der Waals surface area contributed by atoms with Gasteiger partial charge >= 0.3 is 0 Å². The molecule has 2 heterocycles. The van der Waals surface area contributed by atoms with Gasteiger partial charge in [0.15, 0.2) is 0 Å². The van der Waals surface area contributed by atoms with Crippen LogP contribution in [0.1, 0.15) is 5.56 Å². The molecular weight excluding hydrogens is 394 g/mol. The summed E-state index contributed by atoms with van der Waals surface area (Å²) in [5, 5.41) is 0.885. The molecule has 5 heteroatoms. The molecular formula is C16H17Br2N3. The fourth-order valence-electron chi connectivity index (χ4n) is 2.66. The lowest BCUT2D eigenvalue weighted by molar-refractivity contribution is 0.646. The Labute approximate surface area is 142 Å². The summed E-state index contributed by atoms with van der Waals surface area (Å²) >= 11 is 7.16. The molecule has 0 radical (unpaired) electrons. The maximum atomic E-state index is 4.44. The van der Waals surface area contributed by atoms with Crippen molar-refractivity contribution < 1.29 is 0 Å². The van der Waals surface area contributed by atoms with Crippen molar-refractivity contribution in [1.29, 1.82) is 0 Å². The van der Waals surface area contributed by atoms with Gasteiger partial charge in [-0.2, -0.15) is 0 Å². The number of anilines is 2. The Balaban J connectivity index is 1.73. The van der Waals surface area contributed by atoms with Gasteiger partial charge < -0.3 is 9.80 Å². The van der Waals surface area contributed by atoms with E-state index in [-0.39, 0.29) is 0 Å².